The fraction of sp³-hybridized carbons (Fsp3) is 0.571. The number of ether oxygens (including phenoxy) is 1. The summed E-state index contributed by atoms with van der Waals surface area (Å²) >= 11 is 0. The molecule has 0 radical (unpaired) electrons. The Kier molecular flexibility index (Phi) is 5.29. The van der Waals surface area contributed by atoms with Crippen molar-refractivity contribution in [1.82, 2.24) is 5.32 Å². The van der Waals surface area contributed by atoms with E-state index in [0.717, 1.165) is 18.8 Å². The first-order valence-electron chi connectivity index (χ1n) is 6.12. The molecule has 1 aliphatic heterocycles. The molecule has 3 heteroatoms. The summed E-state index contributed by atoms with van der Waals surface area (Å²) in [7, 11) is 1.76. The van der Waals surface area contributed by atoms with E-state index in [0.29, 0.717) is 5.92 Å². The normalized spacial score (nSPS) is 14.8. The molecule has 0 fully saturated rings. The molecule has 0 amide bonds. The smallest absolute Gasteiger partial charge is 0.122 e. The van der Waals surface area contributed by atoms with Gasteiger partial charge in [0.25, 0.3) is 0 Å². The highest BCUT2D eigenvalue weighted by Gasteiger charge is 2.14. The third-order valence-corrected chi connectivity index (χ3v) is 3.29. The van der Waals surface area contributed by atoms with Crippen LogP contribution in [-0.4, -0.2) is 13.7 Å². The highest BCUT2D eigenvalue weighted by molar-refractivity contribution is 5.85. The monoisotopic (exact) mass is 255 g/mol. The molecule has 0 saturated carbocycles. The van der Waals surface area contributed by atoms with Gasteiger partial charge in [-0.25, -0.2) is 0 Å². The van der Waals surface area contributed by atoms with Crippen LogP contribution < -0.4 is 10.1 Å². The Hall–Kier alpha value is -0.730. The van der Waals surface area contributed by atoms with Gasteiger partial charge in [0.05, 0.1) is 7.11 Å². The molecule has 1 aromatic rings. The third kappa shape index (κ3) is 3.14. The van der Waals surface area contributed by atoms with E-state index in [2.05, 4.69) is 31.3 Å². The van der Waals surface area contributed by atoms with E-state index < -0.39 is 0 Å². The van der Waals surface area contributed by atoms with Gasteiger partial charge < -0.3 is 10.1 Å². The number of hydrogen-bond acceptors (Lipinski definition) is 2. The van der Waals surface area contributed by atoms with E-state index in [1.807, 2.05) is 0 Å². The van der Waals surface area contributed by atoms with Crippen molar-refractivity contribution in [2.75, 3.05) is 13.7 Å². The fourth-order valence-corrected chi connectivity index (χ4v) is 2.34. The molecule has 0 saturated heterocycles. The number of nitrogens with one attached hydrogen (secondary N) is 1. The predicted molar refractivity (Wildman–Crippen MR) is 74.4 cm³/mol. The van der Waals surface area contributed by atoms with Crippen LogP contribution in [0, 0.1) is 0 Å². The topological polar surface area (TPSA) is 21.3 Å². The molecule has 1 heterocycles. The van der Waals surface area contributed by atoms with Gasteiger partial charge in [-0.1, -0.05) is 19.9 Å². The van der Waals surface area contributed by atoms with Gasteiger partial charge in [-0.05, 0) is 48.1 Å². The van der Waals surface area contributed by atoms with E-state index in [-0.39, 0.29) is 12.4 Å². The van der Waals surface area contributed by atoms with Crippen molar-refractivity contribution in [2.24, 2.45) is 0 Å². The van der Waals surface area contributed by atoms with Crippen molar-refractivity contribution in [1.29, 1.82) is 0 Å². The molecular weight excluding hydrogens is 234 g/mol. The van der Waals surface area contributed by atoms with E-state index in [4.69, 9.17) is 4.74 Å². The summed E-state index contributed by atoms with van der Waals surface area (Å²) in [6.07, 6.45) is 2.42. The van der Waals surface area contributed by atoms with E-state index >= 15 is 0 Å². The average Bonchev–Trinajstić information content (AvgIpc) is 2.51. The molecule has 0 spiro atoms. The van der Waals surface area contributed by atoms with Crippen LogP contribution in [0.25, 0.3) is 0 Å². The molecule has 17 heavy (non-hydrogen) atoms. The standard InChI is InChI=1S/C14H21NO.ClH/c1-10(2)13-7-11-5-4-6-15-9-12(11)8-14(13)16-3;/h7-8,10,15H,4-6,9H2,1-3H3;1H. The Morgan fingerprint density at radius 2 is 2.00 bits per heavy atom. The largest absolute Gasteiger partial charge is 0.496 e. The lowest BCUT2D eigenvalue weighted by molar-refractivity contribution is 0.406. The van der Waals surface area contributed by atoms with Gasteiger partial charge in [0, 0.05) is 6.54 Å². The van der Waals surface area contributed by atoms with Gasteiger partial charge in [-0.3, -0.25) is 0 Å². The van der Waals surface area contributed by atoms with Crippen LogP contribution in [0.3, 0.4) is 0 Å². The predicted octanol–water partition coefficient (Wildman–Crippen LogP) is 3.28. The third-order valence-electron chi connectivity index (χ3n) is 3.29. The Morgan fingerprint density at radius 1 is 1.24 bits per heavy atom. The minimum absolute atomic E-state index is 0. The van der Waals surface area contributed by atoms with E-state index in [1.165, 1.54) is 29.5 Å². The second-order valence-corrected chi connectivity index (χ2v) is 4.80. The molecule has 2 rings (SSSR count). The Labute approximate surface area is 110 Å². The zero-order chi connectivity index (χ0) is 11.5. The van der Waals surface area contributed by atoms with Crippen LogP contribution in [0.5, 0.6) is 5.75 Å². The summed E-state index contributed by atoms with van der Waals surface area (Å²) in [5.41, 5.74) is 4.23. The number of methoxy groups -OCH3 is 1. The zero-order valence-electron chi connectivity index (χ0n) is 10.9. The first kappa shape index (κ1) is 14.3. The van der Waals surface area contributed by atoms with Crippen LogP contribution in [-0.2, 0) is 13.0 Å². The van der Waals surface area contributed by atoms with Crippen LogP contribution in [0.1, 0.15) is 42.9 Å². The number of aryl methyl sites for hydroxylation is 1. The van der Waals surface area contributed by atoms with Crippen LogP contribution in [0.15, 0.2) is 12.1 Å². The summed E-state index contributed by atoms with van der Waals surface area (Å²) in [6, 6.07) is 4.55. The molecule has 2 nitrogen and oxygen atoms in total. The molecule has 0 atom stereocenters. The molecule has 96 valence electrons. The van der Waals surface area contributed by atoms with Crippen LogP contribution in [0.4, 0.5) is 0 Å². The van der Waals surface area contributed by atoms with Gasteiger partial charge in [-0.2, -0.15) is 0 Å². The maximum Gasteiger partial charge on any atom is 0.122 e. The molecule has 0 aliphatic carbocycles. The SMILES string of the molecule is COc1cc2c(cc1C(C)C)CCCNC2.Cl. The lowest BCUT2D eigenvalue weighted by atomic mass is 9.94. The van der Waals surface area contributed by atoms with Gasteiger partial charge >= 0.3 is 0 Å². The van der Waals surface area contributed by atoms with Gasteiger partial charge in [-0.15, -0.1) is 12.4 Å². The minimum atomic E-state index is 0. The lowest BCUT2D eigenvalue weighted by Crippen LogP contribution is -2.12. The molecule has 0 aromatic heterocycles. The van der Waals surface area contributed by atoms with Gasteiger partial charge in [0.1, 0.15) is 5.75 Å². The molecule has 1 aliphatic rings. The van der Waals surface area contributed by atoms with Gasteiger partial charge in [0.15, 0.2) is 0 Å². The molecule has 0 unspecified atom stereocenters. The first-order valence-corrected chi connectivity index (χ1v) is 6.12. The van der Waals surface area contributed by atoms with Crippen LogP contribution >= 0.6 is 12.4 Å². The Balaban J connectivity index is 0.00000144. The number of halogens is 1. The second kappa shape index (κ2) is 6.27. The van der Waals surface area contributed by atoms with Crippen molar-refractivity contribution in [2.45, 2.75) is 39.2 Å². The summed E-state index contributed by atoms with van der Waals surface area (Å²) in [5, 5.41) is 3.45. The summed E-state index contributed by atoms with van der Waals surface area (Å²) in [4.78, 5) is 0. The summed E-state index contributed by atoms with van der Waals surface area (Å²) in [6.45, 7) is 6.54. The molecule has 1 N–H and O–H groups in total. The Bertz CT molecular complexity index is 377. The Morgan fingerprint density at radius 3 is 2.65 bits per heavy atom. The van der Waals surface area contributed by atoms with Crippen molar-refractivity contribution in [3.63, 3.8) is 0 Å². The van der Waals surface area contributed by atoms with Crippen molar-refractivity contribution >= 4 is 12.4 Å². The lowest BCUT2D eigenvalue weighted by Gasteiger charge is -2.16. The van der Waals surface area contributed by atoms with Crippen molar-refractivity contribution in [3.8, 4) is 5.75 Å². The first-order chi connectivity index (χ1) is 7.72. The average molecular weight is 256 g/mol. The highest BCUT2D eigenvalue weighted by Crippen LogP contribution is 2.31. The number of fused-ring (bicyclic) bond motifs is 1. The number of rotatable bonds is 2. The maximum absolute atomic E-state index is 5.49. The number of hydrogen-bond donors (Lipinski definition) is 1. The zero-order valence-corrected chi connectivity index (χ0v) is 11.7. The molecule has 1 aromatic carbocycles. The van der Waals surface area contributed by atoms with E-state index in [9.17, 15) is 0 Å². The minimum Gasteiger partial charge on any atom is -0.496 e. The van der Waals surface area contributed by atoms with E-state index in [1.54, 1.807) is 7.11 Å². The fourth-order valence-electron chi connectivity index (χ4n) is 2.34. The van der Waals surface area contributed by atoms with Crippen molar-refractivity contribution in [3.05, 3.63) is 28.8 Å². The second-order valence-electron chi connectivity index (χ2n) is 4.80. The summed E-state index contributed by atoms with van der Waals surface area (Å²) in [5.74, 6) is 1.56. The van der Waals surface area contributed by atoms with Gasteiger partial charge in [0.2, 0.25) is 0 Å². The summed E-state index contributed by atoms with van der Waals surface area (Å²) < 4.78 is 5.49. The number of benzene rings is 1. The molecule has 0 bridgehead atoms. The maximum atomic E-state index is 5.49. The highest BCUT2D eigenvalue weighted by atomic mass is 35.5. The quantitative estimate of drug-likeness (QED) is 0.876. The molecular formula is C14H22ClNO. The van der Waals surface area contributed by atoms with Crippen LogP contribution in [0.2, 0.25) is 0 Å². The van der Waals surface area contributed by atoms with Crippen molar-refractivity contribution < 1.29 is 4.74 Å².